The number of benzene rings is 2. The van der Waals surface area contributed by atoms with E-state index in [-0.39, 0.29) is 17.7 Å². The highest BCUT2D eigenvalue weighted by Gasteiger charge is 2.29. The van der Waals surface area contributed by atoms with Crippen LogP contribution in [0, 0.1) is 12.8 Å². The number of hydrogen-bond acceptors (Lipinski definition) is 2. The first kappa shape index (κ1) is 16.2. The molecule has 0 aromatic heterocycles. The number of carbonyl (C=O) groups is 2. The van der Waals surface area contributed by atoms with Crippen molar-refractivity contribution in [2.75, 3.05) is 18.0 Å². The minimum absolute atomic E-state index is 0.0538. The highest BCUT2D eigenvalue weighted by molar-refractivity contribution is 6.06. The molecule has 4 heteroatoms. The number of rotatable bonds is 6. The number of aryl methyl sites for hydroxylation is 1. The van der Waals surface area contributed by atoms with Crippen LogP contribution in [0.25, 0.3) is 0 Å². The van der Waals surface area contributed by atoms with Gasteiger partial charge in [-0.1, -0.05) is 35.9 Å². The third-order valence-electron chi connectivity index (χ3n) is 4.19. The molecule has 24 heavy (non-hydrogen) atoms. The SMILES string of the molecule is Cc1ccc(C(=O)N(CCNC(=O)C2CC2)c2ccccc2)cc1. The lowest BCUT2D eigenvalue weighted by molar-refractivity contribution is -0.122. The van der Waals surface area contributed by atoms with Gasteiger partial charge in [-0.15, -0.1) is 0 Å². The van der Waals surface area contributed by atoms with Gasteiger partial charge in [0, 0.05) is 30.3 Å². The van der Waals surface area contributed by atoms with Gasteiger partial charge in [0.25, 0.3) is 5.91 Å². The van der Waals surface area contributed by atoms with Gasteiger partial charge in [0.15, 0.2) is 0 Å². The fourth-order valence-corrected chi connectivity index (χ4v) is 2.59. The van der Waals surface area contributed by atoms with Crippen molar-refractivity contribution in [3.63, 3.8) is 0 Å². The zero-order valence-electron chi connectivity index (χ0n) is 13.9. The smallest absolute Gasteiger partial charge is 0.258 e. The summed E-state index contributed by atoms with van der Waals surface area (Å²) in [4.78, 5) is 26.4. The molecule has 2 amide bonds. The Morgan fingerprint density at radius 2 is 1.71 bits per heavy atom. The molecule has 3 rings (SSSR count). The molecule has 0 spiro atoms. The van der Waals surface area contributed by atoms with Gasteiger partial charge in [0.2, 0.25) is 5.91 Å². The van der Waals surface area contributed by atoms with E-state index in [1.165, 1.54) is 0 Å². The molecule has 0 radical (unpaired) electrons. The molecule has 4 nitrogen and oxygen atoms in total. The second-order valence-corrected chi connectivity index (χ2v) is 6.22. The number of nitrogens with one attached hydrogen (secondary N) is 1. The van der Waals surface area contributed by atoms with E-state index >= 15 is 0 Å². The molecule has 0 atom stereocenters. The van der Waals surface area contributed by atoms with Gasteiger partial charge in [0.1, 0.15) is 0 Å². The number of nitrogens with zero attached hydrogens (tertiary/aromatic N) is 1. The lowest BCUT2D eigenvalue weighted by Gasteiger charge is -2.23. The first-order valence-corrected chi connectivity index (χ1v) is 8.36. The van der Waals surface area contributed by atoms with Crippen LogP contribution in [0.3, 0.4) is 0 Å². The normalized spacial score (nSPS) is 13.4. The molecule has 1 aliphatic carbocycles. The van der Waals surface area contributed by atoms with Crippen molar-refractivity contribution in [3.8, 4) is 0 Å². The molecule has 0 saturated heterocycles. The first-order chi connectivity index (χ1) is 11.6. The lowest BCUT2D eigenvalue weighted by Crippen LogP contribution is -2.39. The molecule has 0 aliphatic heterocycles. The van der Waals surface area contributed by atoms with Crippen LogP contribution in [0.5, 0.6) is 0 Å². The monoisotopic (exact) mass is 322 g/mol. The van der Waals surface area contributed by atoms with E-state index in [2.05, 4.69) is 5.32 Å². The molecule has 2 aromatic carbocycles. The van der Waals surface area contributed by atoms with Crippen molar-refractivity contribution in [1.82, 2.24) is 5.32 Å². The second-order valence-electron chi connectivity index (χ2n) is 6.22. The maximum absolute atomic E-state index is 12.9. The average molecular weight is 322 g/mol. The molecule has 2 aromatic rings. The number of carbonyl (C=O) groups excluding carboxylic acids is 2. The summed E-state index contributed by atoms with van der Waals surface area (Å²) in [5, 5.41) is 2.93. The summed E-state index contributed by atoms with van der Waals surface area (Å²) in [7, 11) is 0. The van der Waals surface area contributed by atoms with Crippen molar-refractivity contribution in [2.45, 2.75) is 19.8 Å². The van der Waals surface area contributed by atoms with Crippen LogP contribution in [0.1, 0.15) is 28.8 Å². The molecule has 1 fully saturated rings. The van der Waals surface area contributed by atoms with Crippen LogP contribution < -0.4 is 10.2 Å². The van der Waals surface area contributed by atoms with Crippen molar-refractivity contribution in [1.29, 1.82) is 0 Å². The lowest BCUT2D eigenvalue weighted by atomic mass is 10.1. The topological polar surface area (TPSA) is 49.4 Å². The van der Waals surface area contributed by atoms with Gasteiger partial charge >= 0.3 is 0 Å². The Labute approximate surface area is 142 Å². The maximum atomic E-state index is 12.9. The molecular weight excluding hydrogens is 300 g/mol. The number of hydrogen-bond donors (Lipinski definition) is 1. The summed E-state index contributed by atoms with van der Waals surface area (Å²) < 4.78 is 0. The third kappa shape index (κ3) is 4.02. The fourth-order valence-electron chi connectivity index (χ4n) is 2.59. The predicted octanol–water partition coefficient (Wildman–Crippen LogP) is 3.17. The van der Waals surface area contributed by atoms with E-state index in [1.54, 1.807) is 4.90 Å². The van der Waals surface area contributed by atoms with Gasteiger partial charge < -0.3 is 10.2 Å². The van der Waals surface area contributed by atoms with Crippen LogP contribution in [-0.4, -0.2) is 24.9 Å². The minimum atomic E-state index is -0.0538. The van der Waals surface area contributed by atoms with Crippen LogP contribution >= 0.6 is 0 Å². The summed E-state index contributed by atoms with van der Waals surface area (Å²) in [6.45, 7) is 2.91. The number of anilines is 1. The Kier molecular flexibility index (Phi) is 4.94. The van der Waals surface area contributed by atoms with Crippen molar-refractivity contribution < 1.29 is 9.59 Å². The minimum Gasteiger partial charge on any atom is -0.354 e. The van der Waals surface area contributed by atoms with Crippen LogP contribution in [0.2, 0.25) is 0 Å². The van der Waals surface area contributed by atoms with Gasteiger partial charge in [-0.05, 0) is 44.0 Å². The quantitative estimate of drug-likeness (QED) is 0.888. The van der Waals surface area contributed by atoms with E-state index in [9.17, 15) is 9.59 Å². The molecular formula is C20H22N2O2. The second kappa shape index (κ2) is 7.30. The summed E-state index contributed by atoms with van der Waals surface area (Å²) in [6.07, 6.45) is 1.97. The van der Waals surface area contributed by atoms with Crippen LogP contribution in [-0.2, 0) is 4.79 Å². The van der Waals surface area contributed by atoms with E-state index in [1.807, 2.05) is 61.5 Å². The zero-order chi connectivity index (χ0) is 16.9. The van der Waals surface area contributed by atoms with Crippen LogP contribution in [0.15, 0.2) is 54.6 Å². The van der Waals surface area contributed by atoms with E-state index < -0.39 is 0 Å². The van der Waals surface area contributed by atoms with E-state index in [4.69, 9.17) is 0 Å². The van der Waals surface area contributed by atoms with Gasteiger partial charge in [-0.3, -0.25) is 9.59 Å². The Balaban J connectivity index is 1.72. The summed E-state index contributed by atoms with van der Waals surface area (Å²) in [6, 6.07) is 17.1. The van der Waals surface area contributed by atoms with Gasteiger partial charge in [-0.2, -0.15) is 0 Å². The standard InChI is InChI=1S/C20H22N2O2/c1-15-7-9-17(10-8-15)20(24)22(18-5-3-2-4-6-18)14-13-21-19(23)16-11-12-16/h2-10,16H,11-14H2,1H3,(H,21,23). The van der Waals surface area contributed by atoms with Gasteiger partial charge in [-0.25, -0.2) is 0 Å². The Hall–Kier alpha value is -2.62. The molecule has 1 aliphatic rings. The number of para-hydroxylation sites is 1. The summed E-state index contributed by atoms with van der Waals surface area (Å²) in [5.74, 6) is 0.232. The molecule has 1 N–H and O–H groups in total. The summed E-state index contributed by atoms with van der Waals surface area (Å²) in [5.41, 5.74) is 2.61. The van der Waals surface area contributed by atoms with E-state index in [0.29, 0.717) is 18.7 Å². The highest BCUT2D eigenvalue weighted by Crippen LogP contribution is 2.28. The zero-order valence-corrected chi connectivity index (χ0v) is 13.9. The third-order valence-corrected chi connectivity index (χ3v) is 4.19. The van der Waals surface area contributed by atoms with Crippen molar-refractivity contribution in [2.24, 2.45) is 5.92 Å². The van der Waals surface area contributed by atoms with Crippen LogP contribution in [0.4, 0.5) is 5.69 Å². The van der Waals surface area contributed by atoms with E-state index in [0.717, 1.165) is 24.1 Å². The Bertz CT molecular complexity index is 706. The molecule has 0 heterocycles. The molecule has 1 saturated carbocycles. The Morgan fingerprint density at radius 3 is 2.33 bits per heavy atom. The van der Waals surface area contributed by atoms with Gasteiger partial charge in [0.05, 0.1) is 0 Å². The first-order valence-electron chi connectivity index (χ1n) is 8.36. The summed E-state index contributed by atoms with van der Waals surface area (Å²) >= 11 is 0. The average Bonchev–Trinajstić information content (AvgIpc) is 3.44. The maximum Gasteiger partial charge on any atom is 0.258 e. The Morgan fingerprint density at radius 1 is 1.04 bits per heavy atom. The fraction of sp³-hybridized carbons (Fsp3) is 0.300. The highest BCUT2D eigenvalue weighted by atomic mass is 16.2. The molecule has 124 valence electrons. The largest absolute Gasteiger partial charge is 0.354 e. The number of amides is 2. The molecule has 0 unspecified atom stereocenters. The molecule has 0 bridgehead atoms. The van der Waals surface area contributed by atoms with Crippen molar-refractivity contribution >= 4 is 17.5 Å². The van der Waals surface area contributed by atoms with Crippen molar-refractivity contribution in [3.05, 3.63) is 65.7 Å². The predicted molar refractivity (Wildman–Crippen MR) is 95.0 cm³/mol.